The minimum atomic E-state index is 0.856. The van der Waals surface area contributed by atoms with Gasteiger partial charge in [-0.3, -0.25) is 0 Å². The maximum atomic E-state index is 4.07. The summed E-state index contributed by atoms with van der Waals surface area (Å²) in [6.07, 6.45) is 9.97. The Morgan fingerprint density at radius 1 is 1.24 bits per heavy atom. The Hall–Kier alpha value is -0.870. The number of nitrogens with one attached hydrogen (secondary N) is 1. The molecule has 4 nitrogen and oxygen atoms in total. The van der Waals surface area contributed by atoms with Gasteiger partial charge in [0.25, 0.3) is 0 Å². The van der Waals surface area contributed by atoms with Crippen molar-refractivity contribution >= 4 is 0 Å². The van der Waals surface area contributed by atoms with E-state index in [1.807, 2.05) is 18.7 Å². The predicted octanol–water partition coefficient (Wildman–Crippen LogP) is 0.957. The first-order valence-electron chi connectivity index (χ1n) is 6.81. The lowest BCUT2D eigenvalue weighted by molar-refractivity contribution is 0.307. The molecule has 1 atom stereocenters. The van der Waals surface area contributed by atoms with Crippen LogP contribution < -0.4 is 5.32 Å². The zero-order valence-corrected chi connectivity index (χ0v) is 10.4. The summed E-state index contributed by atoms with van der Waals surface area (Å²) in [6, 6.07) is 0.856. The third-order valence-corrected chi connectivity index (χ3v) is 3.88. The zero-order valence-electron chi connectivity index (χ0n) is 10.4. The quantitative estimate of drug-likeness (QED) is 0.796. The Kier molecular flexibility index (Phi) is 3.43. The standard InChI is InChI=1S/C13H22N4/c1-2-13(1)15-9-12-3-5-16(10-12)7-8-17-6-4-14-11-17/h4,6,11-13,15H,1-3,5,7-10H2. The van der Waals surface area contributed by atoms with E-state index in [9.17, 15) is 0 Å². The summed E-state index contributed by atoms with van der Waals surface area (Å²) in [6.45, 7) is 6.01. The van der Waals surface area contributed by atoms with Crippen LogP contribution in [0.3, 0.4) is 0 Å². The lowest BCUT2D eigenvalue weighted by Crippen LogP contribution is -2.29. The van der Waals surface area contributed by atoms with Crippen molar-refractivity contribution in [3.8, 4) is 0 Å². The molecule has 1 aromatic rings. The summed E-state index contributed by atoms with van der Waals surface area (Å²) >= 11 is 0. The van der Waals surface area contributed by atoms with Gasteiger partial charge in [-0.25, -0.2) is 4.98 Å². The summed E-state index contributed by atoms with van der Waals surface area (Å²) in [4.78, 5) is 6.66. The molecule has 0 aromatic carbocycles. The molecule has 94 valence electrons. The van der Waals surface area contributed by atoms with Gasteiger partial charge in [-0.15, -0.1) is 0 Å². The van der Waals surface area contributed by atoms with Crippen molar-refractivity contribution in [2.75, 3.05) is 26.2 Å². The third kappa shape index (κ3) is 3.30. The van der Waals surface area contributed by atoms with E-state index in [-0.39, 0.29) is 0 Å². The van der Waals surface area contributed by atoms with Crippen LogP contribution in [0, 0.1) is 5.92 Å². The van der Waals surface area contributed by atoms with Crippen molar-refractivity contribution < 1.29 is 0 Å². The van der Waals surface area contributed by atoms with Gasteiger partial charge in [-0.05, 0) is 38.3 Å². The number of likely N-dealkylation sites (tertiary alicyclic amines) is 1. The van der Waals surface area contributed by atoms with Gasteiger partial charge in [0.15, 0.2) is 0 Å². The Labute approximate surface area is 103 Å². The number of rotatable bonds is 6. The Morgan fingerprint density at radius 2 is 2.18 bits per heavy atom. The van der Waals surface area contributed by atoms with Crippen LogP contribution in [0.2, 0.25) is 0 Å². The van der Waals surface area contributed by atoms with E-state index in [2.05, 4.69) is 19.8 Å². The minimum Gasteiger partial charge on any atom is -0.336 e. The van der Waals surface area contributed by atoms with Crippen molar-refractivity contribution in [3.05, 3.63) is 18.7 Å². The van der Waals surface area contributed by atoms with Crippen LogP contribution in [-0.2, 0) is 6.54 Å². The van der Waals surface area contributed by atoms with E-state index in [0.717, 1.165) is 25.0 Å². The van der Waals surface area contributed by atoms with Gasteiger partial charge >= 0.3 is 0 Å². The molecule has 1 aliphatic heterocycles. The molecule has 2 aliphatic rings. The van der Waals surface area contributed by atoms with Gasteiger partial charge in [0.05, 0.1) is 6.33 Å². The van der Waals surface area contributed by atoms with E-state index in [1.165, 1.54) is 38.9 Å². The molecule has 3 rings (SSSR count). The fourth-order valence-corrected chi connectivity index (χ4v) is 2.58. The summed E-state index contributed by atoms with van der Waals surface area (Å²) < 4.78 is 2.16. The van der Waals surface area contributed by atoms with E-state index >= 15 is 0 Å². The van der Waals surface area contributed by atoms with E-state index in [0.29, 0.717) is 0 Å². The lowest BCUT2D eigenvalue weighted by atomic mass is 10.1. The topological polar surface area (TPSA) is 33.1 Å². The van der Waals surface area contributed by atoms with Gasteiger partial charge in [0, 0.05) is 38.1 Å². The first-order chi connectivity index (χ1) is 8.40. The summed E-state index contributed by atoms with van der Waals surface area (Å²) in [5, 5.41) is 3.65. The summed E-state index contributed by atoms with van der Waals surface area (Å²) in [7, 11) is 0. The second kappa shape index (κ2) is 5.19. The molecule has 1 saturated heterocycles. The molecule has 0 spiro atoms. The normalized spacial score (nSPS) is 25.5. The first-order valence-corrected chi connectivity index (χ1v) is 6.81. The van der Waals surface area contributed by atoms with Crippen LogP contribution in [-0.4, -0.2) is 46.7 Å². The maximum Gasteiger partial charge on any atom is 0.0946 e. The van der Waals surface area contributed by atoms with Crippen molar-refractivity contribution in [1.82, 2.24) is 19.8 Å². The molecule has 2 fully saturated rings. The number of imidazole rings is 1. The van der Waals surface area contributed by atoms with Crippen LogP contribution in [0.15, 0.2) is 18.7 Å². The predicted molar refractivity (Wildman–Crippen MR) is 67.8 cm³/mol. The van der Waals surface area contributed by atoms with E-state index in [1.54, 1.807) is 0 Å². The molecule has 0 bridgehead atoms. The minimum absolute atomic E-state index is 0.856. The van der Waals surface area contributed by atoms with E-state index < -0.39 is 0 Å². The van der Waals surface area contributed by atoms with Crippen molar-refractivity contribution in [1.29, 1.82) is 0 Å². The molecule has 0 amide bonds. The molecule has 1 aromatic heterocycles. The fourth-order valence-electron chi connectivity index (χ4n) is 2.58. The Balaban J connectivity index is 1.35. The number of hydrogen-bond donors (Lipinski definition) is 1. The van der Waals surface area contributed by atoms with Crippen LogP contribution in [0.1, 0.15) is 19.3 Å². The van der Waals surface area contributed by atoms with Crippen molar-refractivity contribution in [3.63, 3.8) is 0 Å². The number of nitrogens with zero attached hydrogens (tertiary/aromatic N) is 3. The summed E-state index contributed by atoms with van der Waals surface area (Å²) in [5.74, 6) is 0.874. The maximum absolute atomic E-state index is 4.07. The molecule has 4 heteroatoms. The monoisotopic (exact) mass is 234 g/mol. The highest BCUT2D eigenvalue weighted by molar-refractivity contribution is 4.84. The van der Waals surface area contributed by atoms with Gasteiger partial charge < -0.3 is 14.8 Å². The molecule has 1 N–H and O–H groups in total. The van der Waals surface area contributed by atoms with Gasteiger partial charge in [0.2, 0.25) is 0 Å². The highest BCUT2D eigenvalue weighted by atomic mass is 15.2. The fraction of sp³-hybridized carbons (Fsp3) is 0.769. The average molecular weight is 234 g/mol. The molecule has 17 heavy (non-hydrogen) atoms. The second-order valence-corrected chi connectivity index (χ2v) is 5.44. The first kappa shape index (κ1) is 11.2. The SMILES string of the molecule is c1cn(CCN2CCC(CNC3CC3)C2)cn1. The smallest absolute Gasteiger partial charge is 0.0946 e. The van der Waals surface area contributed by atoms with Crippen LogP contribution in [0.5, 0.6) is 0 Å². The van der Waals surface area contributed by atoms with Gasteiger partial charge in [-0.1, -0.05) is 0 Å². The molecule has 1 unspecified atom stereocenters. The molecule has 0 radical (unpaired) electrons. The largest absolute Gasteiger partial charge is 0.336 e. The van der Waals surface area contributed by atoms with Gasteiger partial charge in [0.1, 0.15) is 0 Å². The Bertz CT molecular complexity index is 331. The van der Waals surface area contributed by atoms with Gasteiger partial charge in [-0.2, -0.15) is 0 Å². The van der Waals surface area contributed by atoms with Crippen LogP contribution >= 0.6 is 0 Å². The molecular formula is C13H22N4. The number of aromatic nitrogens is 2. The molecule has 1 aliphatic carbocycles. The highest BCUT2D eigenvalue weighted by Gasteiger charge is 2.25. The van der Waals surface area contributed by atoms with Crippen molar-refractivity contribution in [2.45, 2.75) is 31.8 Å². The third-order valence-electron chi connectivity index (χ3n) is 3.88. The average Bonchev–Trinajstić information content (AvgIpc) is 2.86. The van der Waals surface area contributed by atoms with E-state index in [4.69, 9.17) is 0 Å². The zero-order chi connectivity index (χ0) is 11.5. The Morgan fingerprint density at radius 3 is 2.94 bits per heavy atom. The second-order valence-electron chi connectivity index (χ2n) is 5.44. The number of hydrogen-bond acceptors (Lipinski definition) is 3. The van der Waals surface area contributed by atoms with Crippen LogP contribution in [0.25, 0.3) is 0 Å². The molecule has 1 saturated carbocycles. The lowest BCUT2D eigenvalue weighted by Gasteiger charge is -2.16. The highest BCUT2D eigenvalue weighted by Crippen LogP contribution is 2.21. The molecule has 2 heterocycles. The van der Waals surface area contributed by atoms with Crippen LogP contribution in [0.4, 0.5) is 0 Å². The van der Waals surface area contributed by atoms with Crippen molar-refractivity contribution in [2.24, 2.45) is 5.92 Å². The molecular weight excluding hydrogens is 212 g/mol. The summed E-state index contributed by atoms with van der Waals surface area (Å²) in [5.41, 5.74) is 0.